The van der Waals surface area contributed by atoms with Crippen LogP contribution in [0.1, 0.15) is 44.2 Å². The van der Waals surface area contributed by atoms with Crippen molar-refractivity contribution in [1.82, 2.24) is 10.2 Å². The standard InChI is InChI=1S/C16H24N2O3/c1-11(2)12(3)17-15(19)13-6-4-8-18(10-13)16(20)14-7-5-9-21-14/h5,7,9,11-13H,4,6,8,10H2,1-3H3,(H,17,19). The summed E-state index contributed by atoms with van der Waals surface area (Å²) >= 11 is 0. The van der Waals surface area contributed by atoms with Crippen molar-refractivity contribution in [2.24, 2.45) is 11.8 Å². The average Bonchev–Trinajstić information content (AvgIpc) is 3.00. The van der Waals surface area contributed by atoms with Gasteiger partial charge in [-0.1, -0.05) is 13.8 Å². The summed E-state index contributed by atoms with van der Waals surface area (Å²) < 4.78 is 5.15. The van der Waals surface area contributed by atoms with Gasteiger partial charge in [0.15, 0.2) is 5.76 Å². The van der Waals surface area contributed by atoms with Crippen LogP contribution in [-0.4, -0.2) is 35.8 Å². The summed E-state index contributed by atoms with van der Waals surface area (Å²) in [7, 11) is 0. The number of hydrogen-bond donors (Lipinski definition) is 1. The highest BCUT2D eigenvalue weighted by Crippen LogP contribution is 2.19. The molecule has 1 fully saturated rings. The number of likely N-dealkylation sites (tertiary alicyclic amines) is 1. The molecule has 5 nitrogen and oxygen atoms in total. The van der Waals surface area contributed by atoms with E-state index in [2.05, 4.69) is 19.2 Å². The van der Waals surface area contributed by atoms with E-state index in [4.69, 9.17) is 4.42 Å². The lowest BCUT2D eigenvalue weighted by Gasteiger charge is -2.32. The first kappa shape index (κ1) is 15.6. The third-order valence-corrected chi connectivity index (χ3v) is 4.18. The zero-order valence-corrected chi connectivity index (χ0v) is 13.0. The lowest BCUT2D eigenvalue weighted by atomic mass is 9.95. The van der Waals surface area contributed by atoms with Gasteiger partial charge in [-0.05, 0) is 37.8 Å². The Morgan fingerprint density at radius 3 is 2.76 bits per heavy atom. The second kappa shape index (κ2) is 6.78. The first-order valence-corrected chi connectivity index (χ1v) is 7.62. The van der Waals surface area contributed by atoms with Gasteiger partial charge < -0.3 is 14.6 Å². The summed E-state index contributed by atoms with van der Waals surface area (Å²) in [4.78, 5) is 26.3. The van der Waals surface area contributed by atoms with Crippen molar-refractivity contribution in [3.05, 3.63) is 24.2 Å². The summed E-state index contributed by atoms with van der Waals surface area (Å²) in [6.07, 6.45) is 3.17. The molecule has 1 aliphatic heterocycles. The molecule has 0 aromatic carbocycles. The van der Waals surface area contributed by atoms with Gasteiger partial charge in [0.2, 0.25) is 5.91 Å². The number of furan rings is 1. The number of rotatable bonds is 4. The van der Waals surface area contributed by atoms with Gasteiger partial charge in [0.1, 0.15) is 0 Å². The average molecular weight is 292 g/mol. The molecule has 116 valence electrons. The van der Waals surface area contributed by atoms with Crippen LogP contribution < -0.4 is 5.32 Å². The molecule has 5 heteroatoms. The molecular weight excluding hydrogens is 268 g/mol. The van der Waals surface area contributed by atoms with Crippen LogP contribution in [-0.2, 0) is 4.79 Å². The van der Waals surface area contributed by atoms with Crippen LogP contribution in [0.4, 0.5) is 0 Å². The number of nitrogens with zero attached hydrogens (tertiary/aromatic N) is 1. The van der Waals surface area contributed by atoms with Crippen molar-refractivity contribution >= 4 is 11.8 Å². The van der Waals surface area contributed by atoms with E-state index in [0.717, 1.165) is 12.8 Å². The Balaban J connectivity index is 1.94. The molecule has 1 aliphatic rings. The Kier molecular flexibility index (Phi) is 5.04. The van der Waals surface area contributed by atoms with Gasteiger partial charge in [0, 0.05) is 19.1 Å². The van der Waals surface area contributed by atoms with Crippen molar-refractivity contribution in [3.63, 3.8) is 0 Å². The summed E-state index contributed by atoms with van der Waals surface area (Å²) in [6.45, 7) is 7.33. The van der Waals surface area contributed by atoms with Gasteiger partial charge in [-0.3, -0.25) is 9.59 Å². The molecule has 2 rings (SSSR count). The molecule has 1 N–H and O–H groups in total. The molecule has 0 saturated carbocycles. The van der Waals surface area contributed by atoms with Crippen molar-refractivity contribution < 1.29 is 14.0 Å². The fourth-order valence-electron chi connectivity index (χ4n) is 2.44. The second-order valence-corrected chi connectivity index (χ2v) is 6.11. The number of amides is 2. The minimum atomic E-state index is -0.130. The number of carbonyl (C=O) groups is 2. The minimum absolute atomic E-state index is 0.0492. The summed E-state index contributed by atoms with van der Waals surface area (Å²) in [6, 6.07) is 3.51. The summed E-state index contributed by atoms with van der Waals surface area (Å²) in [5.41, 5.74) is 0. The Labute approximate surface area is 125 Å². The molecular formula is C16H24N2O3. The lowest BCUT2D eigenvalue weighted by molar-refractivity contribution is -0.127. The molecule has 1 aromatic rings. The lowest BCUT2D eigenvalue weighted by Crippen LogP contribution is -2.47. The van der Waals surface area contributed by atoms with Crippen molar-refractivity contribution in [1.29, 1.82) is 0 Å². The van der Waals surface area contributed by atoms with E-state index < -0.39 is 0 Å². The van der Waals surface area contributed by atoms with Crippen LogP contribution >= 0.6 is 0 Å². The minimum Gasteiger partial charge on any atom is -0.459 e. The maximum absolute atomic E-state index is 12.3. The second-order valence-electron chi connectivity index (χ2n) is 6.11. The Morgan fingerprint density at radius 2 is 2.14 bits per heavy atom. The first-order valence-electron chi connectivity index (χ1n) is 7.62. The molecule has 1 aromatic heterocycles. The van der Waals surface area contributed by atoms with Gasteiger partial charge in [-0.15, -0.1) is 0 Å². The maximum atomic E-state index is 12.3. The molecule has 0 aliphatic carbocycles. The van der Waals surface area contributed by atoms with Crippen LogP contribution in [0, 0.1) is 11.8 Å². The largest absolute Gasteiger partial charge is 0.459 e. The molecule has 2 atom stereocenters. The van der Waals surface area contributed by atoms with Crippen molar-refractivity contribution in [2.75, 3.05) is 13.1 Å². The zero-order valence-electron chi connectivity index (χ0n) is 13.0. The highest BCUT2D eigenvalue weighted by atomic mass is 16.3. The number of hydrogen-bond acceptors (Lipinski definition) is 3. The van der Waals surface area contributed by atoms with E-state index in [1.165, 1.54) is 6.26 Å². The van der Waals surface area contributed by atoms with Crippen LogP contribution in [0.3, 0.4) is 0 Å². The molecule has 0 radical (unpaired) electrons. The fourth-order valence-corrected chi connectivity index (χ4v) is 2.44. The van der Waals surface area contributed by atoms with E-state index in [0.29, 0.717) is 24.8 Å². The molecule has 21 heavy (non-hydrogen) atoms. The van der Waals surface area contributed by atoms with Crippen molar-refractivity contribution in [3.8, 4) is 0 Å². The van der Waals surface area contributed by atoms with E-state index in [9.17, 15) is 9.59 Å². The van der Waals surface area contributed by atoms with Gasteiger partial charge >= 0.3 is 0 Å². The third-order valence-electron chi connectivity index (χ3n) is 4.18. The van der Waals surface area contributed by atoms with Crippen LogP contribution in [0.15, 0.2) is 22.8 Å². The third kappa shape index (κ3) is 3.86. The smallest absolute Gasteiger partial charge is 0.289 e. The first-order chi connectivity index (χ1) is 9.99. The fraction of sp³-hybridized carbons (Fsp3) is 0.625. The highest BCUT2D eigenvalue weighted by molar-refractivity contribution is 5.92. The zero-order chi connectivity index (χ0) is 15.4. The Morgan fingerprint density at radius 1 is 1.38 bits per heavy atom. The molecule has 0 spiro atoms. The topological polar surface area (TPSA) is 62.6 Å². The van der Waals surface area contributed by atoms with Crippen LogP contribution in [0.5, 0.6) is 0 Å². The Bertz CT molecular complexity index is 482. The predicted molar refractivity (Wildman–Crippen MR) is 79.8 cm³/mol. The Hall–Kier alpha value is -1.78. The SMILES string of the molecule is CC(C)C(C)NC(=O)C1CCCN(C(=O)c2ccco2)C1. The molecule has 2 amide bonds. The van der Waals surface area contributed by atoms with Crippen LogP contribution in [0.2, 0.25) is 0 Å². The number of piperidine rings is 1. The molecule has 0 bridgehead atoms. The summed E-state index contributed by atoms with van der Waals surface area (Å²) in [5, 5.41) is 3.04. The van der Waals surface area contributed by atoms with E-state index in [-0.39, 0.29) is 23.8 Å². The quantitative estimate of drug-likeness (QED) is 0.926. The summed E-state index contributed by atoms with van der Waals surface area (Å²) in [5.74, 6) is 0.534. The predicted octanol–water partition coefficient (Wildman–Crippen LogP) is 2.29. The normalized spacial score (nSPS) is 20.4. The number of nitrogens with one attached hydrogen (secondary N) is 1. The molecule has 1 saturated heterocycles. The maximum Gasteiger partial charge on any atom is 0.289 e. The van der Waals surface area contributed by atoms with E-state index in [1.54, 1.807) is 17.0 Å². The van der Waals surface area contributed by atoms with Crippen molar-refractivity contribution in [2.45, 2.75) is 39.7 Å². The van der Waals surface area contributed by atoms with Gasteiger partial charge in [-0.2, -0.15) is 0 Å². The van der Waals surface area contributed by atoms with E-state index in [1.807, 2.05) is 6.92 Å². The molecule has 2 unspecified atom stereocenters. The van der Waals surface area contributed by atoms with Gasteiger partial charge in [0.05, 0.1) is 12.2 Å². The molecule has 2 heterocycles. The van der Waals surface area contributed by atoms with Gasteiger partial charge in [-0.25, -0.2) is 0 Å². The monoisotopic (exact) mass is 292 g/mol. The van der Waals surface area contributed by atoms with E-state index >= 15 is 0 Å². The van der Waals surface area contributed by atoms with Crippen LogP contribution in [0.25, 0.3) is 0 Å². The number of carbonyl (C=O) groups excluding carboxylic acids is 2. The van der Waals surface area contributed by atoms with Gasteiger partial charge in [0.25, 0.3) is 5.91 Å². The highest BCUT2D eigenvalue weighted by Gasteiger charge is 2.30.